The predicted molar refractivity (Wildman–Crippen MR) is 164 cm³/mol. The molecular formula is C32H35F6N5O7. The predicted octanol–water partition coefficient (Wildman–Crippen LogP) is 5.53. The fourth-order valence-electron chi connectivity index (χ4n) is 5.26. The summed E-state index contributed by atoms with van der Waals surface area (Å²) in [7, 11) is 1.35. The molecule has 2 atom stereocenters. The zero-order chi connectivity index (χ0) is 37.2. The van der Waals surface area contributed by atoms with Gasteiger partial charge in [-0.25, -0.2) is 19.7 Å². The van der Waals surface area contributed by atoms with Crippen molar-refractivity contribution < 1.29 is 60.4 Å². The third-order valence-electron chi connectivity index (χ3n) is 8.12. The highest BCUT2D eigenvalue weighted by Gasteiger charge is 2.48. The Balaban J connectivity index is 1.85. The third kappa shape index (κ3) is 8.18. The van der Waals surface area contributed by atoms with E-state index in [1.807, 2.05) is 0 Å². The van der Waals surface area contributed by atoms with Gasteiger partial charge in [-0.1, -0.05) is 6.92 Å². The number of carbonyl (C=O) groups excluding carboxylic acids is 1. The van der Waals surface area contributed by atoms with Crippen LogP contribution in [-0.2, 0) is 28.3 Å². The molecule has 18 heteroatoms. The van der Waals surface area contributed by atoms with Gasteiger partial charge in [-0.05, 0) is 56.5 Å². The van der Waals surface area contributed by atoms with Crippen LogP contribution < -0.4 is 20.1 Å². The second-order valence-electron chi connectivity index (χ2n) is 12.3. The van der Waals surface area contributed by atoms with E-state index in [1.165, 1.54) is 39.3 Å². The molecule has 0 saturated heterocycles. The number of aliphatic hydroxyl groups excluding tert-OH is 1. The van der Waals surface area contributed by atoms with E-state index in [4.69, 9.17) is 19.9 Å². The van der Waals surface area contributed by atoms with E-state index >= 15 is 0 Å². The van der Waals surface area contributed by atoms with Gasteiger partial charge in [-0.3, -0.25) is 9.69 Å². The summed E-state index contributed by atoms with van der Waals surface area (Å²) < 4.78 is 98.0. The van der Waals surface area contributed by atoms with E-state index in [9.17, 15) is 46.1 Å². The van der Waals surface area contributed by atoms with Crippen molar-refractivity contribution in [1.29, 1.82) is 0 Å². The standard InChI is InChI=1S/C32H35F6N5O7/c1-5-30(39)14-20(25-22(6-7-24(42-25)48-4)43(30)28(47)50-16-29(2,3)27(45)46)26-40-15-23(49-9-8-44)21(41-26)12-17-10-18(31(33,34)35)13-19(11-17)32(36,37)38/h6-7,10-11,13,15,20,44H,5,8-9,12,14,16,39H2,1-4H3,(H,45,46)/t20-,30+/m0/s1. The van der Waals surface area contributed by atoms with Crippen molar-refractivity contribution in [2.24, 2.45) is 11.1 Å². The van der Waals surface area contributed by atoms with Crippen LogP contribution in [0.3, 0.4) is 0 Å². The molecule has 1 aliphatic heterocycles. The highest BCUT2D eigenvalue weighted by Crippen LogP contribution is 2.46. The number of amides is 1. The summed E-state index contributed by atoms with van der Waals surface area (Å²) in [5, 5.41) is 18.8. The van der Waals surface area contributed by atoms with Gasteiger partial charge in [-0.2, -0.15) is 26.3 Å². The van der Waals surface area contributed by atoms with E-state index in [2.05, 4.69) is 15.0 Å². The van der Waals surface area contributed by atoms with Gasteiger partial charge < -0.3 is 30.2 Å². The van der Waals surface area contributed by atoms with Gasteiger partial charge in [-0.15, -0.1) is 0 Å². The van der Waals surface area contributed by atoms with Crippen LogP contribution in [0.2, 0.25) is 0 Å². The minimum absolute atomic E-state index is 0.00956. The largest absolute Gasteiger partial charge is 0.488 e. The number of hydrogen-bond donors (Lipinski definition) is 3. The molecule has 4 rings (SSSR count). The normalized spacial score (nSPS) is 18.0. The van der Waals surface area contributed by atoms with Crippen LogP contribution in [0.4, 0.5) is 36.8 Å². The fraction of sp³-hybridized carbons (Fsp3) is 0.469. The zero-order valence-electron chi connectivity index (χ0n) is 27.4. The van der Waals surface area contributed by atoms with Crippen LogP contribution in [-0.4, -0.2) is 69.8 Å². The molecular weight excluding hydrogens is 680 g/mol. The number of aromatic nitrogens is 3. The monoisotopic (exact) mass is 715 g/mol. The molecule has 0 radical (unpaired) electrons. The van der Waals surface area contributed by atoms with Crippen LogP contribution >= 0.6 is 0 Å². The van der Waals surface area contributed by atoms with Crippen LogP contribution in [0.5, 0.6) is 11.6 Å². The molecule has 0 saturated carbocycles. The van der Waals surface area contributed by atoms with Gasteiger partial charge >= 0.3 is 24.4 Å². The van der Waals surface area contributed by atoms with Crippen molar-refractivity contribution in [3.05, 3.63) is 70.4 Å². The Morgan fingerprint density at radius 3 is 2.24 bits per heavy atom. The molecule has 12 nitrogen and oxygen atoms in total. The van der Waals surface area contributed by atoms with Crippen LogP contribution in [0, 0.1) is 5.41 Å². The molecule has 1 aromatic carbocycles. The van der Waals surface area contributed by atoms with Crippen LogP contribution in [0.1, 0.15) is 73.4 Å². The first-order chi connectivity index (χ1) is 23.2. The van der Waals surface area contributed by atoms with Gasteiger partial charge in [0.05, 0.1) is 59.4 Å². The number of fused-ring (bicyclic) bond motifs is 1. The first-order valence-electron chi connectivity index (χ1n) is 15.2. The molecule has 50 heavy (non-hydrogen) atoms. The number of nitrogens with two attached hydrogens (primary N) is 1. The Morgan fingerprint density at radius 1 is 1.06 bits per heavy atom. The molecule has 272 valence electrons. The average Bonchev–Trinajstić information content (AvgIpc) is 3.05. The highest BCUT2D eigenvalue weighted by molar-refractivity contribution is 5.91. The topological polar surface area (TPSA) is 170 Å². The number of alkyl halides is 6. The lowest BCUT2D eigenvalue weighted by atomic mass is 9.83. The number of nitrogens with zero attached hydrogens (tertiary/aromatic N) is 4. The summed E-state index contributed by atoms with van der Waals surface area (Å²) in [5.41, 5.74) is 0.690. The maximum Gasteiger partial charge on any atom is 0.416 e. The van der Waals surface area contributed by atoms with Gasteiger partial charge in [0, 0.05) is 12.5 Å². The fourth-order valence-corrected chi connectivity index (χ4v) is 5.26. The SMILES string of the molecule is CC[C@]1(N)C[C@H](c2ncc(OCCO)c(Cc3cc(C(F)(F)F)cc(C(F)(F)F)c3)n2)c2nc(OC)ccc2N1C(=O)OCC(C)(C)C(=O)O. The molecule has 3 aromatic rings. The van der Waals surface area contributed by atoms with Gasteiger partial charge in [0.1, 0.15) is 24.7 Å². The Kier molecular flexibility index (Phi) is 10.9. The van der Waals surface area contributed by atoms with Gasteiger partial charge in [0.15, 0.2) is 5.75 Å². The van der Waals surface area contributed by atoms with E-state index in [-0.39, 0.29) is 65.6 Å². The molecule has 0 unspecified atom stereocenters. The Bertz CT molecular complexity index is 1700. The highest BCUT2D eigenvalue weighted by atomic mass is 19.4. The van der Waals surface area contributed by atoms with Crippen LogP contribution in [0.25, 0.3) is 0 Å². The number of carbonyl (C=O) groups is 2. The number of halogens is 6. The number of methoxy groups -OCH3 is 1. The summed E-state index contributed by atoms with van der Waals surface area (Å²) in [6.45, 7) is 3.19. The number of benzene rings is 1. The van der Waals surface area contributed by atoms with Crippen molar-refractivity contribution in [3.63, 3.8) is 0 Å². The van der Waals surface area contributed by atoms with Crippen LogP contribution in [0.15, 0.2) is 36.5 Å². The average molecular weight is 716 g/mol. The van der Waals surface area contributed by atoms with E-state index < -0.39 is 72.2 Å². The minimum atomic E-state index is -5.08. The number of carboxylic acid groups (broad SMARTS) is 1. The number of ether oxygens (including phenoxy) is 3. The molecule has 0 fully saturated rings. The number of carboxylic acids is 1. The zero-order valence-corrected chi connectivity index (χ0v) is 27.4. The summed E-state index contributed by atoms with van der Waals surface area (Å²) in [6.07, 6.45) is -10.5. The molecule has 1 aliphatic rings. The molecule has 0 aliphatic carbocycles. The Morgan fingerprint density at radius 2 is 1.70 bits per heavy atom. The number of aliphatic carboxylic acids is 1. The molecule has 4 N–H and O–H groups in total. The van der Waals surface area contributed by atoms with Crippen molar-refractivity contribution in [1.82, 2.24) is 15.0 Å². The van der Waals surface area contributed by atoms with E-state index in [0.717, 1.165) is 4.90 Å². The maximum absolute atomic E-state index is 13.6. The van der Waals surface area contributed by atoms with Gasteiger partial charge in [0.2, 0.25) is 5.88 Å². The summed E-state index contributed by atoms with van der Waals surface area (Å²) in [5.74, 6) is -2.12. The third-order valence-corrected chi connectivity index (χ3v) is 8.12. The number of pyridine rings is 1. The molecule has 0 spiro atoms. The molecule has 3 heterocycles. The smallest absolute Gasteiger partial charge is 0.416 e. The van der Waals surface area contributed by atoms with Crippen molar-refractivity contribution in [2.45, 2.75) is 64.0 Å². The number of rotatable bonds is 11. The van der Waals surface area contributed by atoms with Gasteiger partial charge in [0.25, 0.3) is 0 Å². The minimum Gasteiger partial charge on any atom is -0.488 e. The van der Waals surface area contributed by atoms with Crippen molar-refractivity contribution in [3.8, 4) is 11.6 Å². The summed E-state index contributed by atoms with van der Waals surface area (Å²) in [6, 6.07) is 4.09. The number of hydrogen-bond acceptors (Lipinski definition) is 10. The summed E-state index contributed by atoms with van der Waals surface area (Å²) in [4.78, 5) is 39.7. The summed E-state index contributed by atoms with van der Waals surface area (Å²) >= 11 is 0. The number of anilines is 1. The first-order valence-corrected chi connectivity index (χ1v) is 15.2. The Hall–Kier alpha value is -4.71. The second-order valence-corrected chi connectivity index (χ2v) is 12.3. The van der Waals surface area contributed by atoms with E-state index in [0.29, 0.717) is 12.1 Å². The number of aliphatic hydroxyl groups is 1. The van der Waals surface area contributed by atoms with E-state index in [1.54, 1.807) is 6.92 Å². The van der Waals surface area contributed by atoms with Crippen molar-refractivity contribution >= 4 is 17.7 Å². The van der Waals surface area contributed by atoms with Crippen molar-refractivity contribution in [2.75, 3.05) is 31.8 Å². The lowest BCUT2D eigenvalue weighted by Crippen LogP contribution is -2.62. The Labute approximate surface area is 282 Å². The quantitative estimate of drug-likeness (QED) is 0.213. The second kappa shape index (κ2) is 14.3. The maximum atomic E-state index is 13.6. The lowest BCUT2D eigenvalue weighted by Gasteiger charge is -2.46. The molecule has 1 amide bonds. The lowest BCUT2D eigenvalue weighted by molar-refractivity contribution is -0.149. The molecule has 0 bridgehead atoms. The first kappa shape index (κ1) is 38.1. The molecule has 2 aromatic heterocycles.